The van der Waals surface area contributed by atoms with Crippen LogP contribution in [-0.2, 0) is 4.79 Å². The number of nitrogens with one attached hydrogen (secondary N) is 1. The van der Waals surface area contributed by atoms with E-state index >= 15 is 0 Å². The molecule has 2 aromatic carbocycles. The molecule has 0 bridgehead atoms. The number of ether oxygens (including phenoxy) is 1. The fourth-order valence-electron chi connectivity index (χ4n) is 2.06. The molecule has 1 heterocycles. The monoisotopic (exact) mass is 417 g/mol. The molecule has 1 aromatic heterocycles. The number of carbonyl (C=O) groups is 1. The summed E-state index contributed by atoms with van der Waals surface area (Å²) in [6, 6.07) is 15.3. The number of halogens is 1. The third kappa shape index (κ3) is 4.64. The van der Waals surface area contributed by atoms with Gasteiger partial charge in [0.05, 0.1) is 0 Å². The lowest BCUT2D eigenvalue weighted by atomic mass is 10.2. The van der Waals surface area contributed by atoms with E-state index in [9.17, 15) is 4.79 Å². The van der Waals surface area contributed by atoms with E-state index < -0.39 is 6.10 Å². The van der Waals surface area contributed by atoms with E-state index in [1.807, 2.05) is 43.3 Å². The van der Waals surface area contributed by atoms with E-state index in [0.717, 1.165) is 15.0 Å². The molecule has 128 valence electrons. The first-order chi connectivity index (χ1) is 12.0. The van der Waals surface area contributed by atoms with E-state index in [1.165, 1.54) is 16.9 Å². The van der Waals surface area contributed by atoms with Crippen molar-refractivity contribution in [1.29, 1.82) is 0 Å². The van der Waals surface area contributed by atoms with Crippen LogP contribution in [0.3, 0.4) is 0 Å². The van der Waals surface area contributed by atoms with Crippen LogP contribution in [0.2, 0.25) is 0 Å². The SMILES string of the molecule is Cc1ccc(-c2nnc(NC(=O)[C@H](C)Oc3ccc(Br)cc3)s2)cc1. The van der Waals surface area contributed by atoms with Crippen molar-refractivity contribution in [3.05, 3.63) is 58.6 Å². The molecule has 0 saturated carbocycles. The zero-order valence-electron chi connectivity index (χ0n) is 13.7. The minimum Gasteiger partial charge on any atom is -0.481 e. The van der Waals surface area contributed by atoms with Gasteiger partial charge in [0, 0.05) is 10.0 Å². The predicted molar refractivity (Wildman–Crippen MR) is 103 cm³/mol. The molecule has 0 fully saturated rings. The summed E-state index contributed by atoms with van der Waals surface area (Å²) in [6.07, 6.45) is -0.645. The minimum atomic E-state index is -0.645. The summed E-state index contributed by atoms with van der Waals surface area (Å²) in [5.41, 5.74) is 2.16. The molecule has 1 N–H and O–H groups in total. The number of anilines is 1. The number of carbonyl (C=O) groups excluding carboxylic acids is 1. The van der Waals surface area contributed by atoms with Crippen molar-refractivity contribution < 1.29 is 9.53 Å². The highest BCUT2D eigenvalue weighted by Crippen LogP contribution is 2.26. The van der Waals surface area contributed by atoms with Gasteiger partial charge in [0.1, 0.15) is 10.8 Å². The van der Waals surface area contributed by atoms with Gasteiger partial charge in [0.2, 0.25) is 5.13 Å². The van der Waals surface area contributed by atoms with Crippen molar-refractivity contribution in [2.45, 2.75) is 20.0 Å². The Morgan fingerprint density at radius 3 is 2.48 bits per heavy atom. The van der Waals surface area contributed by atoms with Crippen LogP contribution in [0.1, 0.15) is 12.5 Å². The van der Waals surface area contributed by atoms with Crippen molar-refractivity contribution in [2.75, 3.05) is 5.32 Å². The first-order valence-corrected chi connectivity index (χ1v) is 9.26. The van der Waals surface area contributed by atoms with Crippen LogP contribution in [0.5, 0.6) is 5.75 Å². The molecular weight excluding hydrogens is 402 g/mol. The standard InChI is InChI=1S/C18H16BrN3O2S/c1-11-3-5-13(6-4-11)17-21-22-18(25-17)20-16(23)12(2)24-15-9-7-14(19)8-10-15/h3-10,12H,1-2H3,(H,20,22,23)/t12-/m0/s1. The average Bonchev–Trinajstić information content (AvgIpc) is 3.06. The van der Waals surface area contributed by atoms with Gasteiger partial charge in [-0.05, 0) is 38.1 Å². The second-order valence-electron chi connectivity index (χ2n) is 5.48. The lowest BCUT2D eigenvalue weighted by Crippen LogP contribution is -2.30. The van der Waals surface area contributed by atoms with Gasteiger partial charge in [-0.1, -0.05) is 57.1 Å². The number of hydrogen-bond acceptors (Lipinski definition) is 5. The maximum Gasteiger partial charge on any atom is 0.266 e. The average molecular weight is 418 g/mol. The van der Waals surface area contributed by atoms with E-state index in [2.05, 4.69) is 31.4 Å². The molecule has 1 atom stereocenters. The molecule has 0 saturated heterocycles. The Hall–Kier alpha value is -2.25. The van der Waals surface area contributed by atoms with Gasteiger partial charge in [-0.3, -0.25) is 10.1 Å². The summed E-state index contributed by atoms with van der Waals surface area (Å²) in [5.74, 6) is 0.359. The second-order valence-corrected chi connectivity index (χ2v) is 7.37. The molecule has 3 rings (SSSR count). The smallest absolute Gasteiger partial charge is 0.266 e. The number of aryl methyl sites for hydroxylation is 1. The molecule has 0 aliphatic carbocycles. The first kappa shape index (κ1) is 17.6. The number of nitrogens with zero attached hydrogens (tertiary/aromatic N) is 2. The summed E-state index contributed by atoms with van der Waals surface area (Å²) in [5, 5.41) is 12.1. The lowest BCUT2D eigenvalue weighted by molar-refractivity contribution is -0.122. The molecule has 0 unspecified atom stereocenters. The lowest BCUT2D eigenvalue weighted by Gasteiger charge is -2.13. The van der Waals surface area contributed by atoms with Crippen molar-refractivity contribution in [3.63, 3.8) is 0 Å². The van der Waals surface area contributed by atoms with Crippen molar-refractivity contribution in [1.82, 2.24) is 10.2 Å². The highest BCUT2D eigenvalue weighted by atomic mass is 79.9. The highest BCUT2D eigenvalue weighted by Gasteiger charge is 2.17. The van der Waals surface area contributed by atoms with E-state index in [-0.39, 0.29) is 5.91 Å². The number of amides is 1. The summed E-state index contributed by atoms with van der Waals surface area (Å²) >= 11 is 4.69. The quantitative estimate of drug-likeness (QED) is 0.654. The summed E-state index contributed by atoms with van der Waals surface area (Å²) < 4.78 is 6.58. The van der Waals surface area contributed by atoms with Gasteiger partial charge in [-0.15, -0.1) is 10.2 Å². The Labute approximate surface area is 158 Å². The van der Waals surface area contributed by atoms with Crippen LogP contribution >= 0.6 is 27.3 Å². The third-order valence-electron chi connectivity index (χ3n) is 3.45. The molecule has 0 spiro atoms. The number of hydrogen-bond donors (Lipinski definition) is 1. The Kier molecular flexibility index (Phi) is 5.45. The van der Waals surface area contributed by atoms with Gasteiger partial charge in [0.25, 0.3) is 5.91 Å². The second kappa shape index (κ2) is 7.76. The fourth-order valence-corrected chi connectivity index (χ4v) is 3.08. The topological polar surface area (TPSA) is 64.1 Å². The summed E-state index contributed by atoms with van der Waals surface area (Å²) in [4.78, 5) is 12.3. The Morgan fingerprint density at radius 2 is 1.80 bits per heavy atom. The number of rotatable bonds is 5. The van der Waals surface area contributed by atoms with Gasteiger partial charge >= 0.3 is 0 Å². The van der Waals surface area contributed by atoms with Crippen LogP contribution in [0, 0.1) is 6.92 Å². The van der Waals surface area contributed by atoms with Crippen LogP contribution in [0.15, 0.2) is 53.0 Å². The van der Waals surface area contributed by atoms with Crippen molar-refractivity contribution in [2.24, 2.45) is 0 Å². The maximum atomic E-state index is 12.3. The van der Waals surface area contributed by atoms with Crippen LogP contribution < -0.4 is 10.1 Å². The van der Waals surface area contributed by atoms with Gasteiger partial charge in [-0.25, -0.2) is 0 Å². The van der Waals surface area contributed by atoms with Crippen LogP contribution in [0.25, 0.3) is 10.6 Å². The molecule has 5 nitrogen and oxygen atoms in total. The van der Waals surface area contributed by atoms with E-state index in [4.69, 9.17) is 4.74 Å². The molecule has 3 aromatic rings. The van der Waals surface area contributed by atoms with Gasteiger partial charge in [-0.2, -0.15) is 0 Å². The molecule has 0 aliphatic heterocycles. The number of aromatic nitrogens is 2. The predicted octanol–water partition coefficient (Wildman–Crippen LogP) is 4.68. The molecule has 1 amide bonds. The van der Waals surface area contributed by atoms with Crippen LogP contribution in [0.4, 0.5) is 5.13 Å². The Bertz CT molecular complexity index is 863. The summed E-state index contributed by atoms with van der Waals surface area (Å²) in [6.45, 7) is 3.72. The Balaban J connectivity index is 1.62. The minimum absolute atomic E-state index is 0.269. The summed E-state index contributed by atoms with van der Waals surface area (Å²) in [7, 11) is 0. The molecule has 0 aliphatic rings. The zero-order valence-corrected chi connectivity index (χ0v) is 16.1. The fraction of sp³-hybridized carbons (Fsp3) is 0.167. The zero-order chi connectivity index (χ0) is 17.8. The largest absolute Gasteiger partial charge is 0.481 e. The highest BCUT2D eigenvalue weighted by molar-refractivity contribution is 9.10. The molecule has 7 heteroatoms. The normalized spacial score (nSPS) is 11.8. The van der Waals surface area contributed by atoms with Crippen LogP contribution in [-0.4, -0.2) is 22.2 Å². The molecule has 25 heavy (non-hydrogen) atoms. The maximum absolute atomic E-state index is 12.3. The van der Waals surface area contributed by atoms with Crippen molar-refractivity contribution in [3.8, 4) is 16.3 Å². The molecular formula is C18H16BrN3O2S. The van der Waals surface area contributed by atoms with Gasteiger partial charge in [0.15, 0.2) is 6.10 Å². The molecule has 0 radical (unpaired) electrons. The Morgan fingerprint density at radius 1 is 1.12 bits per heavy atom. The van der Waals surface area contributed by atoms with Gasteiger partial charge < -0.3 is 4.74 Å². The third-order valence-corrected chi connectivity index (χ3v) is 4.87. The van der Waals surface area contributed by atoms with E-state index in [1.54, 1.807) is 19.1 Å². The van der Waals surface area contributed by atoms with E-state index in [0.29, 0.717) is 10.9 Å². The van der Waals surface area contributed by atoms with Crippen molar-refractivity contribution >= 4 is 38.3 Å². The first-order valence-electron chi connectivity index (χ1n) is 7.65. The number of benzene rings is 2.